The minimum absolute atomic E-state index is 0.0999. The van der Waals surface area contributed by atoms with Crippen LogP contribution < -0.4 is 0 Å². The predicted octanol–water partition coefficient (Wildman–Crippen LogP) is 19.8. The summed E-state index contributed by atoms with van der Waals surface area (Å²) in [6, 6.07) is 0. The van der Waals surface area contributed by atoms with Crippen LogP contribution in [0.4, 0.5) is 0 Å². The van der Waals surface area contributed by atoms with Crippen molar-refractivity contribution in [2.24, 2.45) is 0 Å². The van der Waals surface area contributed by atoms with Gasteiger partial charge >= 0.3 is 25.7 Å². The molecular formula is C68H119O11P. The van der Waals surface area contributed by atoms with Crippen molar-refractivity contribution >= 4 is 25.7 Å². The van der Waals surface area contributed by atoms with Crippen LogP contribution in [0.5, 0.6) is 0 Å². The number of esters is 3. The molecule has 0 saturated carbocycles. The van der Waals surface area contributed by atoms with Crippen LogP contribution in [0, 0.1) is 0 Å². The van der Waals surface area contributed by atoms with Gasteiger partial charge in [-0.25, -0.2) is 4.57 Å². The summed E-state index contributed by atoms with van der Waals surface area (Å²) in [7, 11) is -4.77. The van der Waals surface area contributed by atoms with E-state index in [2.05, 4.69) is 93.7 Å². The van der Waals surface area contributed by atoms with Crippen molar-refractivity contribution in [2.45, 2.75) is 303 Å². The number of unbranched alkanes of at least 4 members (excludes halogenated alkanes) is 29. The Kier molecular flexibility index (Phi) is 59.1. The van der Waals surface area contributed by atoms with Crippen LogP contribution in [-0.2, 0) is 42.2 Å². The molecule has 0 amide bonds. The highest BCUT2D eigenvalue weighted by molar-refractivity contribution is 7.47. The Bertz CT molecular complexity index is 1670. The Balaban J connectivity index is 4.79. The average molecular weight is 1140 g/mol. The maximum atomic E-state index is 13.0. The molecule has 0 aliphatic heterocycles. The fraction of sp³-hybridized carbons (Fsp3) is 0.750. The highest BCUT2D eigenvalue weighted by Gasteiger charge is 2.28. The molecule has 3 unspecified atom stereocenters. The lowest BCUT2D eigenvalue weighted by Crippen LogP contribution is -2.30. The monoisotopic (exact) mass is 1140 g/mol. The first-order chi connectivity index (χ1) is 39.2. The van der Waals surface area contributed by atoms with Crippen molar-refractivity contribution < 1.29 is 52.2 Å². The summed E-state index contributed by atoms with van der Waals surface area (Å²) in [6.07, 6.45) is 72.6. The molecule has 11 nitrogen and oxygen atoms in total. The fourth-order valence-corrected chi connectivity index (χ4v) is 9.69. The molecule has 0 aromatic rings. The SMILES string of the molecule is CC/C=C\C/C=C\C/C=C\C/C=C\C/C=C\C/C=C\CCC(=O)OCC(COP(=O)(O)OCC(CO)OC(=O)CCCCCCCCCCCCCCCCC)OC(=O)CCCCCCCCCCC/C=C\CCCCCCCC. The Labute approximate surface area is 490 Å². The maximum Gasteiger partial charge on any atom is 0.472 e. The van der Waals surface area contributed by atoms with E-state index in [1.807, 2.05) is 12.2 Å². The van der Waals surface area contributed by atoms with Gasteiger partial charge < -0.3 is 24.2 Å². The summed E-state index contributed by atoms with van der Waals surface area (Å²) in [4.78, 5) is 48.7. The van der Waals surface area contributed by atoms with Crippen molar-refractivity contribution in [1.82, 2.24) is 0 Å². The number of ether oxygens (including phenoxy) is 3. The molecule has 0 fully saturated rings. The smallest absolute Gasteiger partial charge is 0.462 e. The number of aliphatic hydroxyl groups is 1. The molecule has 0 aromatic carbocycles. The van der Waals surface area contributed by atoms with Gasteiger partial charge in [-0.1, -0.05) is 273 Å². The molecule has 12 heteroatoms. The number of carbonyl (C=O) groups excluding carboxylic acids is 3. The number of hydrogen-bond donors (Lipinski definition) is 2. The number of hydrogen-bond acceptors (Lipinski definition) is 10. The van der Waals surface area contributed by atoms with Crippen molar-refractivity contribution in [3.8, 4) is 0 Å². The Morgan fingerprint density at radius 1 is 0.362 bits per heavy atom. The van der Waals surface area contributed by atoms with E-state index in [-0.39, 0.29) is 25.9 Å². The molecule has 0 aliphatic rings. The van der Waals surface area contributed by atoms with Crippen LogP contribution in [-0.4, -0.2) is 66.5 Å². The largest absolute Gasteiger partial charge is 0.472 e. The van der Waals surface area contributed by atoms with Gasteiger partial charge in [0.25, 0.3) is 0 Å². The van der Waals surface area contributed by atoms with Gasteiger partial charge in [0.1, 0.15) is 12.7 Å². The first-order valence-corrected chi connectivity index (χ1v) is 34.0. The predicted molar refractivity (Wildman–Crippen MR) is 334 cm³/mol. The molecule has 0 saturated heterocycles. The molecule has 0 aromatic heterocycles. The van der Waals surface area contributed by atoms with E-state index in [9.17, 15) is 28.9 Å². The van der Waals surface area contributed by atoms with E-state index in [0.29, 0.717) is 19.3 Å². The lowest BCUT2D eigenvalue weighted by Gasteiger charge is -2.21. The highest BCUT2D eigenvalue weighted by atomic mass is 31.2. The normalized spacial score (nSPS) is 13.8. The zero-order valence-corrected chi connectivity index (χ0v) is 52.2. The highest BCUT2D eigenvalue weighted by Crippen LogP contribution is 2.43. The first kappa shape index (κ1) is 76.7. The number of rotatable bonds is 60. The molecule has 0 spiro atoms. The molecule has 0 rings (SSSR count). The van der Waals surface area contributed by atoms with Gasteiger partial charge in [0.2, 0.25) is 0 Å². The van der Waals surface area contributed by atoms with Crippen LogP contribution in [0.25, 0.3) is 0 Å². The van der Waals surface area contributed by atoms with E-state index in [1.165, 1.54) is 154 Å². The molecule has 0 bridgehead atoms. The van der Waals surface area contributed by atoms with Gasteiger partial charge in [0.15, 0.2) is 6.10 Å². The lowest BCUT2D eigenvalue weighted by molar-refractivity contribution is -0.161. The standard InChI is InChI=1S/C68H119O11P/c1-4-7-10-13-16-19-22-25-28-30-32-34-37-39-42-45-48-51-54-57-66(70)75-61-65(79-68(72)59-56-53-50-47-44-41-38-35-33-31-29-26-23-20-17-14-11-8-5-2)63-77-80(73,74)76-62-64(60-69)78-67(71)58-55-52-49-46-43-40-36-27-24-21-18-15-12-9-6-3/h7,10,16,19,25-26,28-29,32,34,39,42,48,51,64-65,69H,4-6,8-9,11-15,17-18,20-24,27,30-31,33,35-38,40-41,43-47,49-50,52-63H2,1-3H3,(H,73,74)/b10-7-,19-16-,28-25-,29-26-,34-32-,42-39-,51-48-. The Morgan fingerprint density at radius 3 is 1.05 bits per heavy atom. The van der Waals surface area contributed by atoms with Crippen LogP contribution >= 0.6 is 7.82 Å². The van der Waals surface area contributed by atoms with Crippen molar-refractivity contribution in [2.75, 3.05) is 26.4 Å². The number of carbonyl (C=O) groups is 3. The number of phosphoric acid groups is 1. The van der Waals surface area contributed by atoms with Gasteiger partial charge in [-0.15, -0.1) is 0 Å². The molecule has 3 atom stereocenters. The van der Waals surface area contributed by atoms with E-state index >= 15 is 0 Å². The summed E-state index contributed by atoms with van der Waals surface area (Å²) < 4.78 is 39.6. The van der Waals surface area contributed by atoms with E-state index in [0.717, 1.165) is 77.0 Å². The fourth-order valence-electron chi connectivity index (χ4n) is 8.91. The average Bonchev–Trinajstić information content (AvgIpc) is 3.45. The van der Waals surface area contributed by atoms with Gasteiger partial charge in [-0.2, -0.15) is 0 Å². The topological polar surface area (TPSA) is 155 Å². The molecule has 462 valence electrons. The van der Waals surface area contributed by atoms with E-state index < -0.39 is 57.8 Å². The van der Waals surface area contributed by atoms with Gasteiger partial charge in [0, 0.05) is 19.3 Å². The third-order valence-electron chi connectivity index (χ3n) is 13.8. The summed E-state index contributed by atoms with van der Waals surface area (Å²) in [5.41, 5.74) is 0. The second-order valence-corrected chi connectivity index (χ2v) is 23.0. The minimum Gasteiger partial charge on any atom is -0.462 e. The quantitative estimate of drug-likeness (QED) is 0.0197. The summed E-state index contributed by atoms with van der Waals surface area (Å²) >= 11 is 0. The minimum atomic E-state index is -4.77. The summed E-state index contributed by atoms with van der Waals surface area (Å²) in [5.74, 6) is -1.56. The third-order valence-corrected chi connectivity index (χ3v) is 14.8. The first-order valence-electron chi connectivity index (χ1n) is 32.5. The summed E-state index contributed by atoms with van der Waals surface area (Å²) in [5, 5.41) is 9.85. The molecule has 2 N–H and O–H groups in total. The van der Waals surface area contributed by atoms with E-state index in [1.54, 1.807) is 0 Å². The molecule has 0 aliphatic carbocycles. The van der Waals surface area contributed by atoms with Gasteiger partial charge in [0.05, 0.1) is 19.8 Å². The molecule has 0 heterocycles. The number of aliphatic hydroxyl groups excluding tert-OH is 1. The van der Waals surface area contributed by atoms with Crippen LogP contribution in [0.1, 0.15) is 290 Å². The van der Waals surface area contributed by atoms with Crippen LogP contribution in [0.2, 0.25) is 0 Å². The molecular weight excluding hydrogens is 1020 g/mol. The summed E-state index contributed by atoms with van der Waals surface area (Å²) in [6.45, 7) is 4.49. The van der Waals surface area contributed by atoms with Crippen LogP contribution in [0.15, 0.2) is 85.1 Å². The van der Waals surface area contributed by atoms with Crippen LogP contribution in [0.3, 0.4) is 0 Å². The van der Waals surface area contributed by atoms with Gasteiger partial charge in [-0.05, 0) is 83.5 Å². The molecule has 0 radical (unpaired) electrons. The number of phosphoric ester groups is 1. The van der Waals surface area contributed by atoms with E-state index in [4.69, 9.17) is 23.3 Å². The lowest BCUT2D eigenvalue weighted by atomic mass is 10.0. The Hall–Kier alpha value is -3.34. The second-order valence-electron chi connectivity index (χ2n) is 21.6. The van der Waals surface area contributed by atoms with Crippen molar-refractivity contribution in [3.63, 3.8) is 0 Å². The molecule has 80 heavy (non-hydrogen) atoms. The zero-order valence-electron chi connectivity index (χ0n) is 51.3. The zero-order chi connectivity index (χ0) is 58.3. The second kappa shape index (κ2) is 61.7. The Morgan fingerprint density at radius 2 is 0.675 bits per heavy atom. The third kappa shape index (κ3) is 59.3. The number of allylic oxidation sites excluding steroid dienone is 14. The van der Waals surface area contributed by atoms with Crippen molar-refractivity contribution in [3.05, 3.63) is 85.1 Å². The van der Waals surface area contributed by atoms with Crippen molar-refractivity contribution in [1.29, 1.82) is 0 Å². The maximum absolute atomic E-state index is 13.0. The van der Waals surface area contributed by atoms with Gasteiger partial charge in [-0.3, -0.25) is 23.4 Å².